The number of carbonyl (C=O) groups is 1. The molecule has 0 atom stereocenters. The summed E-state index contributed by atoms with van der Waals surface area (Å²) in [6, 6.07) is 0. The quantitative estimate of drug-likeness (QED) is 0.863. The van der Waals surface area contributed by atoms with Crippen molar-refractivity contribution >= 4 is 29.4 Å². The van der Waals surface area contributed by atoms with E-state index in [-0.39, 0.29) is 11.8 Å². The first-order valence-electron chi connectivity index (χ1n) is 6.22. The lowest BCUT2D eigenvalue weighted by molar-refractivity contribution is -0.116. The molecule has 0 aromatic carbocycles. The topological polar surface area (TPSA) is 88.2 Å². The summed E-state index contributed by atoms with van der Waals surface area (Å²) in [5.74, 6) is 0.476. The molecule has 0 bridgehead atoms. The van der Waals surface area contributed by atoms with Crippen LogP contribution in [0.1, 0.15) is 19.3 Å². The first-order valence-corrected chi connectivity index (χ1v) is 6.60. The molecule has 104 valence electrons. The van der Waals surface area contributed by atoms with Gasteiger partial charge in [-0.2, -0.15) is 15.0 Å². The molecule has 0 unspecified atom stereocenters. The van der Waals surface area contributed by atoms with E-state index in [0.717, 1.165) is 25.9 Å². The Balaban J connectivity index is 2.20. The maximum atomic E-state index is 10.9. The molecule has 1 aromatic rings. The van der Waals surface area contributed by atoms with Gasteiger partial charge in [0.2, 0.25) is 23.1 Å². The summed E-state index contributed by atoms with van der Waals surface area (Å²) < 4.78 is 0. The van der Waals surface area contributed by atoms with Crippen molar-refractivity contribution in [3.05, 3.63) is 5.28 Å². The first-order chi connectivity index (χ1) is 9.06. The number of primary amides is 1. The Kier molecular flexibility index (Phi) is 4.36. The van der Waals surface area contributed by atoms with Gasteiger partial charge >= 0.3 is 0 Å². The van der Waals surface area contributed by atoms with Gasteiger partial charge in [0.25, 0.3) is 0 Å². The third-order valence-electron chi connectivity index (χ3n) is 2.96. The summed E-state index contributed by atoms with van der Waals surface area (Å²) >= 11 is 5.92. The molecule has 2 rings (SSSR count). The second kappa shape index (κ2) is 6.01. The molecular weight excluding hydrogens is 268 g/mol. The van der Waals surface area contributed by atoms with E-state index in [1.807, 2.05) is 0 Å². The van der Waals surface area contributed by atoms with Gasteiger partial charge in [-0.15, -0.1) is 0 Å². The Bertz CT molecular complexity index is 462. The molecule has 1 saturated heterocycles. The summed E-state index contributed by atoms with van der Waals surface area (Å²) in [5.41, 5.74) is 5.15. The molecule has 0 radical (unpaired) electrons. The zero-order chi connectivity index (χ0) is 13.8. The minimum atomic E-state index is -0.446. The molecule has 2 N–H and O–H groups in total. The predicted molar refractivity (Wildman–Crippen MR) is 73.4 cm³/mol. The monoisotopic (exact) mass is 284 g/mol. The zero-order valence-electron chi connectivity index (χ0n) is 10.8. The third kappa shape index (κ3) is 3.66. The van der Waals surface area contributed by atoms with E-state index in [4.69, 9.17) is 17.3 Å². The smallest absolute Gasteiger partial charge is 0.237 e. The van der Waals surface area contributed by atoms with Crippen molar-refractivity contribution < 1.29 is 4.79 Å². The Labute approximate surface area is 116 Å². The number of anilines is 2. The molecule has 1 aliphatic rings. The molecule has 19 heavy (non-hydrogen) atoms. The van der Waals surface area contributed by atoms with E-state index in [1.54, 1.807) is 11.9 Å². The van der Waals surface area contributed by atoms with Crippen LogP contribution in [-0.4, -0.2) is 47.5 Å². The number of amides is 1. The fourth-order valence-electron chi connectivity index (χ4n) is 2.04. The van der Waals surface area contributed by atoms with Crippen LogP contribution >= 0.6 is 11.6 Å². The largest absolute Gasteiger partial charge is 0.368 e. The minimum Gasteiger partial charge on any atom is -0.368 e. The Hall–Kier alpha value is -1.63. The van der Waals surface area contributed by atoms with Crippen molar-refractivity contribution in [2.75, 3.05) is 36.5 Å². The fourth-order valence-corrected chi connectivity index (χ4v) is 2.19. The average molecular weight is 285 g/mol. The number of hydrogen-bond acceptors (Lipinski definition) is 6. The molecule has 1 aromatic heterocycles. The van der Waals surface area contributed by atoms with Gasteiger partial charge in [-0.3, -0.25) is 4.79 Å². The second-order valence-corrected chi connectivity index (χ2v) is 4.91. The van der Waals surface area contributed by atoms with Crippen LogP contribution in [0.4, 0.5) is 11.9 Å². The third-order valence-corrected chi connectivity index (χ3v) is 3.13. The molecule has 7 nitrogen and oxygen atoms in total. The molecule has 1 aliphatic heterocycles. The molecule has 0 saturated carbocycles. The van der Waals surface area contributed by atoms with Crippen LogP contribution in [0.15, 0.2) is 0 Å². The summed E-state index contributed by atoms with van der Waals surface area (Å²) in [7, 11) is 1.69. The van der Waals surface area contributed by atoms with Crippen molar-refractivity contribution in [2.24, 2.45) is 5.73 Å². The lowest BCUT2D eigenvalue weighted by Crippen LogP contribution is -2.34. The lowest BCUT2D eigenvalue weighted by atomic mass is 10.1. The van der Waals surface area contributed by atoms with Crippen LogP contribution in [0, 0.1) is 0 Å². The number of carbonyl (C=O) groups excluding carboxylic acids is 1. The van der Waals surface area contributed by atoms with Crippen molar-refractivity contribution in [1.82, 2.24) is 15.0 Å². The molecule has 1 fully saturated rings. The van der Waals surface area contributed by atoms with E-state index < -0.39 is 5.91 Å². The van der Waals surface area contributed by atoms with Gasteiger partial charge in [0.1, 0.15) is 0 Å². The zero-order valence-corrected chi connectivity index (χ0v) is 11.6. The highest BCUT2D eigenvalue weighted by atomic mass is 35.5. The van der Waals surface area contributed by atoms with Crippen LogP contribution in [-0.2, 0) is 4.79 Å². The highest BCUT2D eigenvalue weighted by molar-refractivity contribution is 6.28. The van der Waals surface area contributed by atoms with Crippen molar-refractivity contribution in [3.8, 4) is 0 Å². The van der Waals surface area contributed by atoms with Gasteiger partial charge < -0.3 is 15.5 Å². The van der Waals surface area contributed by atoms with Crippen LogP contribution in [0.25, 0.3) is 0 Å². The van der Waals surface area contributed by atoms with E-state index in [1.165, 1.54) is 6.42 Å². The normalized spacial score (nSPS) is 15.4. The molecule has 8 heteroatoms. The van der Waals surface area contributed by atoms with Crippen molar-refractivity contribution in [3.63, 3.8) is 0 Å². The van der Waals surface area contributed by atoms with E-state index >= 15 is 0 Å². The lowest BCUT2D eigenvalue weighted by Gasteiger charge is -2.27. The number of hydrogen-bond donors (Lipinski definition) is 1. The van der Waals surface area contributed by atoms with Crippen LogP contribution < -0.4 is 15.5 Å². The highest BCUT2D eigenvalue weighted by Gasteiger charge is 2.17. The predicted octanol–water partition coefficient (Wildman–Crippen LogP) is 0.437. The Morgan fingerprint density at radius 1 is 1.32 bits per heavy atom. The van der Waals surface area contributed by atoms with Gasteiger partial charge in [-0.1, -0.05) is 0 Å². The molecular formula is C11H17ClN6O. The van der Waals surface area contributed by atoms with Gasteiger partial charge in [0.15, 0.2) is 0 Å². The molecule has 1 amide bonds. The number of nitrogens with zero attached hydrogens (tertiary/aromatic N) is 5. The number of piperidine rings is 1. The van der Waals surface area contributed by atoms with Crippen LogP contribution in [0.3, 0.4) is 0 Å². The summed E-state index contributed by atoms with van der Waals surface area (Å²) in [4.78, 5) is 27.1. The van der Waals surface area contributed by atoms with E-state index in [9.17, 15) is 4.79 Å². The summed E-state index contributed by atoms with van der Waals surface area (Å²) in [6.07, 6.45) is 3.47. The number of nitrogens with two attached hydrogens (primary N) is 1. The summed E-state index contributed by atoms with van der Waals surface area (Å²) in [6.45, 7) is 1.87. The highest BCUT2D eigenvalue weighted by Crippen LogP contribution is 2.19. The SMILES string of the molecule is CN(CC(N)=O)c1nc(Cl)nc(N2CCCCC2)n1. The van der Waals surface area contributed by atoms with Crippen molar-refractivity contribution in [1.29, 1.82) is 0 Å². The van der Waals surface area contributed by atoms with Crippen LogP contribution in [0.2, 0.25) is 5.28 Å². The van der Waals surface area contributed by atoms with Gasteiger partial charge in [0, 0.05) is 20.1 Å². The minimum absolute atomic E-state index is 0.0415. The Morgan fingerprint density at radius 3 is 2.63 bits per heavy atom. The average Bonchev–Trinajstić information content (AvgIpc) is 2.38. The second-order valence-electron chi connectivity index (χ2n) is 4.57. The fraction of sp³-hybridized carbons (Fsp3) is 0.636. The molecule has 0 aliphatic carbocycles. The summed E-state index contributed by atoms with van der Waals surface area (Å²) in [5, 5.41) is 0.127. The number of rotatable bonds is 4. The molecule has 0 spiro atoms. The maximum absolute atomic E-state index is 10.9. The molecule has 2 heterocycles. The van der Waals surface area contributed by atoms with Gasteiger partial charge in [-0.25, -0.2) is 0 Å². The number of aromatic nitrogens is 3. The number of halogens is 1. The van der Waals surface area contributed by atoms with Crippen molar-refractivity contribution in [2.45, 2.75) is 19.3 Å². The first kappa shape index (κ1) is 13.8. The van der Waals surface area contributed by atoms with E-state index in [2.05, 4.69) is 19.9 Å². The Morgan fingerprint density at radius 2 is 2.00 bits per heavy atom. The van der Waals surface area contributed by atoms with E-state index in [0.29, 0.717) is 11.9 Å². The maximum Gasteiger partial charge on any atom is 0.237 e. The van der Waals surface area contributed by atoms with Crippen LogP contribution in [0.5, 0.6) is 0 Å². The van der Waals surface area contributed by atoms with Gasteiger partial charge in [0.05, 0.1) is 6.54 Å². The number of likely N-dealkylation sites (N-methyl/N-ethyl adjacent to an activating group) is 1. The standard InChI is InChI=1S/C11H17ClN6O/c1-17(7-8(13)19)10-14-9(12)15-11(16-10)18-5-3-2-4-6-18/h2-7H2,1H3,(H2,13,19). The van der Waals surface area contributed by atoms with Gasteiger partial charge in [-0.05, 0) is 30.9 Å².